The van der Waals surface area contributed by atoms with Gasteiger partial charge in [-0.3, -0.25) is 0 Å². The maximum atomic E-state index is 5.82. The minimum Gasteiger partial charge on any atom is -0.383 e. The van der Waals surface area contributed by atoms with Gasteiger partial charge < -0.3 is 11.1 Å². The Balaban J connectivity index is 1.90. The minimum absolute atomic E-state index is 0.436. The highest BCUT2D eigenvalue weighted by molar-refractivity contribution is 9.10. The van der Waals surface area contributed by atoms with E-state index in [1.54, 1.807) is 6.07 Å². The summed E-state index contributed by atoms with van der Waals surface area (Å²) in [6.07, 6.45) is 0.868. The third-order valence-electron chi connectivity index (χ3n) is 2.32. The Hall–Kier alpha value is -1.33. The van der Waals surface area contributed by atoms with Gasteiger partial charge in [-0.25, -0.2) is 4.98 Å². The van der Waals surface area contributed by atoms with Crippen LogP contribution in [0.3, 0.4) is 0 Å². The molecule has 0 bridgehead atoms. The molecule has 0 aliphatic heterocycles. The van der Waals surface area contributed by atoms with Crippen molar-refractivity contribution >= 4 is 39.3 Å². The number of nitrogens with zero attached hydrogens (tertiary/aromatic N) is 2. The van der Waals surface area contributed by atoms with Crippen LogP contribution in [0.2, 0.25) is 5.02 Å². The van der Waals surface area contributed by atoms with Crippen LogP contribution in [0.4, 0.5) is 11.8 Å². The van der Waals surface area contributed by atoms with Gasteiger partial charge in [-0.2, -0.15) is 4.98 Å². The van der Waals surface area contributed by atoms with Gasteiger partial charge in [0.1, 0.15) is 10.4 Å². The van der Waals surface area contributed by atoms with Crippen molar-refractivity contribution in [1.82, 2.24) is 9.97 Å². The minimum atomic E-state index is 0.436. The summed E-state index contributed by atoms with van der Waals surface area (Å²) in [7, 11) is 0. The van der Waals surface area contributed by atoms with Crippen molar-refractivity contribution in [1.29, 1.82) is 0 Å². The molecular formula is C12H12BrClN4. The van der Waals surface area contributed by atoms with E-state index in [1.165, 1.54) is 5.56 Å². The van der Waals surface area contributed by atoms with Crippen LogP contribution in [0.1, 0.15) is 5.56 Å². The molecule has 94 valence electrons. The lowest BCUT2D eigenvalue weighted by Gasteiger charge is -2.06. The zero-order chi connectivity index (χ0) is 13.0. The highest BCUT2D eigenvalue weighted by Crippen LogP contribution is 2.13. The van der Waals surface area contributed by atoms with E-state index in [0.717, 1.165) is 18.0 Å². The summed E-state index contributed by atoms with van der Waals surface area (Å²) < 4.78 is 0.670. The summed E-state index contributed by atoms with van der Waals surface area (Å²) in [4.78, 5) is 8.26. The summed E-state index contributed by atoms with van der Waals surface area (Å²) in [5, 5.41) is 3.87. The Labute approximate surface area is 119 Å². The van der Waals surface area contributed by atoms with Gasteiger partial charge >= 0.3 is 0 Å². The Bertz CT molecular complexity index is 510. The van der Waals surface area contributed by atoms with E-state index in [0.29, 0.717) is 16.4 Å². The number of benzene rings is 1. The predicted octanol–water partition coefficient (Wildman–Crippen LogP) is 3.13. The van der Waals surface area contributed by atoms with Crippen molar-refractivity contribution in [3.05, 3.63) is 45.5 Å². The van der Waals surface area contributed by atoms with Gasteiger partial charge in [-0.15, -0.1) is 0 Å². The molecule has 1 aromatic carbocycles. The van der Waals surface area contributed by atoms with Gasteiger partial charge in [0.2, 0.25) is 5.95 Å². The Morgan fingerprint density at radius 2 is 1.94 bits per heavy atom. The van der Waals surface area contributed by atoms with Crippen molar-refractivity contribution < 1.29 is 0 Å². The van der Waals surface area contributed by atoms with Gasteiger partial charge in [0, 0.05) is 17.6 Å². The average Bonchev–Trinajstić information content (AvgIpc) is 2.30. The van der Waals surface area contributed by atoms with Gasteiger partial charge in [-0.1, -0.05) is 23.7 Å². The van der Waals surface area contributed by atoms with Crippen molar-refractivity contribution in [2.45, 2.75) is 6.42 Å². The topological polar surface area (TPSA) is 63.8 Å². The monoisotopic (exact) mass is 326 g/mol. The number of hydrogen-bond donors (Lipinski definition) is 2. The first-order valence-corrected chi connectivity index (χ1v) is 6.59. The molecular weight excluding hydrogens is 316 g/mol. The molecule has 2 aromatic rings. The third kappa shape index (κ3) is 3.85. The fourth-order valence-electron chi connectivity index (χ4n) is 1.48. The molecule has 1 heterocycles. The van der Waals surface area contributed by atoms with Gasteiger partial charge in [0.25, 0.3) is 0 Å². The molecule has 6 heteroatoms. The normalized spacial score (nSPS) is 10.3. The molecule has 0 atom stereocenters. The van der Waals surface area contributed by atoms with E-state index >= 15 is 0 Å². The van der Waals surface area contributed by atoms with Crippen LogP contribution >= 0.6 is 27.5 Å². The lowest BCUT2D eigenvalue weighted by atomic mass is 10.1. The SMILES string of the molecule is Nc1cc(Br)nc(NCCc2ccc(Cl)cc2)n1. The maximum Gasteiger partial charge on any atom is 0.225 e. The highest BCUT2D eigenvalue weighted by Gasteiger charge is 2.00. The quantitative estimate of drug-likeness (QED) is 0.847. The number of nitrogens with two attached hydrogens (primary N) is 1. The fourth-order valence-corrected chi connectivity index (χ4v) is 2.01. The molecule has 4 nitrogen and oxygen atoms in total. The molecule has 2 rings (SSSR count). The number of aromatic nitrogens is 2. The zero-order valence-electron chi connectivity index (χ0n) is 9.53. The number of hydrogen-bond acceptors (Lipinski definition) is 4. The lowest BCUT2D eigenvalue weighted by molar-refractivity contribution is 0.981. The number of rotatable bonds is 4. The fraction of sp³-hybridized carbons (Fsp3) is 0.167. The molecule has 0 radical (unpaired) electrons. The lowest BCUT2D eigenvalue weighted by Crippen LogP contribution is -2.09. The molecule has 0 aliphatic rings. The molecule has 0 aliphatic carbocycles. The maximum absolute atomic E-state index is 5.82. The zero-order valence-corrected chi connectivity index (χ0v) is 11.9. The molecule has 3 N–H and O–H groups in total. The van der Waals surface area contributed by atoms with E-state index in [-0.39, 0.29) is 0 Å². The smallest absolute Gasteiger partial charge is 0.225 e. The second kappa shape index (κ2) is 6.02. The van der Waals surface area contributed by atoms with Crippen molar-refractivity contribution in [3.63, 3.8) is 0 Å². The summed E-state index contributed by atoms with van der Waals surface area (Å²) in [5.74, 6) is 0.960. The predicted molar refractivity (Wildman–Crippen MR) is 77.8 cm³/mol. The van der Waals surface area contributed by atoms with Crippen molar-refractivity contribution in [2.75, 3.05) is 17.6 Å². The number of anilines is 2. The van der Waals surface area contributed by atoms with Crippen LogP contribution in [0.25, 0.3) is 0 Å². The molecule has 0 spiro atoms. The highest BCUT2D eigenvalue weighted by atomic mass is 79.9. The second-order valence-corrected chi connectivity index (χ2v) is 4.99. The van der Waals surface area contributed by atoms with Gasteiger partial charge in [-0.05, 0) is 40.0 Å². The first-order chi connectivity index (χ1) is 8.63. The summed E-state index contributed by atoms with van der Waals surface area (Å²) in [6.45, 7) is 0.734. The van der Waals surface area contributed by atoms with Crippen molar-refractivity contribution in [3.8, 4) is 0 Å². The molecule has 1 aromatic heterocycles. The standard InChI is InChI=1S/C12H12BrClN4/c13-10-7-11(15)18-12(17-10)16-6-5-8-1-3-9(14)4-2-8/h1-4,7H,5-6H2,(H3,15,16,17,18). The molecule has 0 amide bonds. The van der Waals surface area contributed by atoms with E-state index < -0.39 is 0 Å². The van der Waals surface area contributed by atoms with Crippen molar-refractivity contribution in [2.24, 2.45) is 0 Å². The van der Waals surface area contributed by atoms with E-state index in [2.05, 4.69) is 31.2 Å². The van der Waals surface area contributed by atoms with Gasteiger partial charge in [0.05, 0.1) is 0 Å². The van der Waals surface area contributed by atoms with E-state index in [1.807, 2.05) is 24.3 Å². The second-order valence-electron chi connectivity index (χ2n) is 3.74. The Morgan fingerprint density at radius 1 is 1.22 bits per heavy atom. The van der Waals surface area contributed by atoms with Crippen LogP contribution in [0, 0.1) is 0 Å². The molecule has 0 unspecified atom stereocenters. The van der Waals surface area contributed by atoms with Crippen LogP contribution in [0.5, 0.6) is 0 Å². The largest absolute Gasteiger partial charge is 0.383 e. The number of nitrogen functional groups attached to an aromatic ring is 1. The molecule has 0 saturated carbocycles. The summed E-state index contributed by atoms with van der Waals surface area (Å²) in [5.41, 5.74) is 6.83. The first kappa shape index (κ1) is 13.1. The molecule has 0 fully saturated rings. The van der Waals surface area contributed by atoms with Crippen LogP contribution in [0.15, 0.2) is 34.9 Å². The van der Waals surface area contributed by atoms with E-state index in [4.69, 9.17) is 17.3 Å². The first-order valence-electron chi connectivity index (χ1n) is 5.42. The van der Waals surface area contributed by atoms with E-state index in [9.17, 15) is 0 Å². The van der Waals surface area contributed by atoms with Crippen LogP contribution in [-0.4, -0.2) is 16.5 Å². The van der Waals surface area contributed by atoms with Gasteiger partial charge in [0.15, 0.2) is 0 Å². The third-order valence-corrected chi connectivity index (χ3v) is 2.98. The number of halogens is 2. The average molecular weight is 328 g/mol. The number of nitrogens with one attached hydrogen (secondary N) is 1. The summed E-state index contributed by atoms with van der Waals surface area (Å²) >= 11 is 9.09. The Morgan fingerprint density at radius 3 is 2.61 bits per heavy atom. The Kier molecular flexibility index (Phi) is 4.38. The summed E-state index contributed by atoms with van der Waals surface area (Å²) in [6, 6.07) is 9.42. The molecule has 0 saturated heterocycles. The van der Waals surface area contributed by atoms with Crippen LogP contribution < -0.4 is 11.1 Å². The molecule has 18 heavy (non-hydrogen) atoms. The van der Waals surface area contributed by atoms with Crippen LogP contribution in [-0.2, 0) is 6.42 Å².